The minimum Gasteiger partial charge on any atom is -0.355 e. The number of fused-ring (bicyclic) bond motifs is 2. The van der Waals surface area contributed by atoms with Crippen molar-refractivity contribution in [1.29, 1.82) is 0 Å². The predicted molar refractivity (Wildman–Crippen MR) is 166 cm³/mol. The number of anilines is 2. The topological polar surface area (TPSA) is 58.2 Å². The van der Waals surface area contributed by atoms with Crippen molar-refractivity contribution in [3.8, 4) is 0 Å². The first kappa shape index (κ1) is 24.6. The predicted octanol–water partition coefficient (Wildman–Crippen LogP) is 9.08. The maximum atomic E-state index is 13.2. The summed E-state index contributed by atoms with van der Waals surface area (Å²) in [6.07, 6.45) is 1.08. The molecule has 198 valence electrons. The summed E-state index contributed by atoms with van der Waals surface area (Å²) in [4.78, 5) is 26.0. The Morgan fingerprint density at radius 3 is 2.00 bits per heavy atom. The minimum atomic E-state index is -0.361. The van der Waals surface area contributed by atoms with Crippen molar-refractivity contribution >= 4 is 66.3 Å². The molecule has 4 heteroatoms. The SMILES string of the molecule is CC(C)(C)CC(C)(C)c1ccc(Nc2cc3c4c(ccc5c6cccc7cccc(c2c45)c76)C(=O)NC3=O)cc1. The molecule has 1 aliphatic rings. The largest absolute Gasteiger partial charge is 0.355 e. The van der Waals surface area contributed by atoms with Crippen LogP contribution in [0.3, 0.4) is 0 Å². The van der Waals surface area contributed by atoms with Crippen LogP contribution in [-0.4, -0.2) is 11.8 Å². The Bertz CT molecular complexity index is 2010. The molecule has 0 radical (unpaired) electrons. The second kappa shape index (κ2) is 8.28. The molecule has 40 heavy (non-hydrogen) atoms. The fourth-order valence-electron chi connectivity index (χ4n) is 7.14. The van der Waals surface area contributed by atoms with Gasteiger partial charge in [-0.05, 0) is 74.0 Å². The molecular weight excluding hydrogens is 492 g/mol. The van der Waals surface area contributed by atoms with E-state index < -0.39 is 0 Å². The number of hydrogen-bond donors (Lipinski definition) is 2. The zero-order chi connectivity index (χ0) is 28.0. The van der Waals surface area contributed by atoms with Gasteiger partial charge in [-0.1, -0.05) is 89.2 Å². The minimum absolute atomic E-state index is 0.0468. The molecule has 6 aromatic rings. The third-order valence-corrected chi connectivity index (χ3v) is 8.38. The number of carbonyl (C=O) groups excluding carboxylic acids is 2. The molecule has 0 atom stereocenters. The maximum Gasteiger partial charge on any atom is 0.258 e. The molecule has 2 N–H and O–H groups in total. The van der Waals surface area contributed by atoms with Crippen LogP contribution in [0.2, 0.25) is 0 Å². The molecule has 0 saturated carbocycles. The summed E-state index contributed by atoms with van der Waals surface area (Å²) in [5.41, 5.74) is 4.44. The van der Waals surface area contributed by atoms with Crippen molar-refractivity contribution in [1.82, 2.24) is 5.32 Å². The van der Waals surface area contributed by atoms with Gasteiger partial charge in [-0.2, -0.15) is 0 Å². The summed E-state index contributed by atoms with van der Waals surface area (Å²) in [7, 11) is 0. The highest BCUT2D eigenvalue weighted by Gasteiger charge is 2.30. The van der Waals surface area contributed by atoms with Crippen LogP contribution in [0.5, 0.6) is 0 Å². The highest BCUT2D eigenvalue weighted by Crippen LogP contribution is 2.46. The highest BCUT2D eigenvalue weighted by molar-refractivity contribution is 6.40. The van der Waals surface area contributed by atoms with E-state index in [9.17, 15) is 9.59 Å². The van der Waals surface area contributed by atoms with Crippen LogP contribution in [0.25, 0.3) is 43.1 Å². The first-order chi connectivity index (χ1) is 19.0. The van der Waals surface area contributed by atoms with Gasteiger partial charge in [0.25, 0.3) is 11.8 Å². The molecular formula is C36H32N2O2. The average Bonchev–Trinajstić information content (AvgIpc) is 2.90. The lowest BCUT2D eigenvalue weighted by Gasteiger charge is -2.33. The van der Waals surface area contributed by atoms with E-state index in [0.29, 0.717) is 11.1 Å². The zero-order valence-corrected chi connectivity index (χ0v) is 23.5. The monoisotopic (exact) mass is 524 g/mol. The van der Waals surface area contributed by atoms with Crippen LogP contribution in [0.15, 0.2) is 78.9 Å². The van der Waals surface area contributed by atoms with Crippen LogP contribution in [0.4, 0.5) is 11.4 Å². The lowest BCUT2D eigenvalue weighted by atomic mass is 9.72. The quantitative estimate of drug-likeness (QED) is 0.137. The van der Waals surface area contributed by atoms with Crippen LogP contribution in [0.1, 0.15) is 67.3 Å². The van der Waals surface area contributed by atoms with Gasteiger partial charge in [0.1, 0.15) is 0 Å². The molecule has 0 spiro atoms. The smallest absolute Gasteiger partial charge is 0.258 e. The Kier molecular flexibility index (Phi) is 5.09. The van der Waals surface area contributed by atoms with Gasteiger partial charge in [-0.3, -0.25) is 14.9 Å². The van der Waals surface area contributed by atoms with Crippen molar-refractivity contribution < 1.29 is 9.59 Å². The number of rotatable bonds is 4. The van der Waals surface area contributed by atoms with E-state index in [1.54, 1.807) is 0 Å². The van der Waals surface area contributed by atoms with Crippen LogP contribution in [-0.2, 0) is 5.41 Å². The van der Waals surface area contributed by atoms with Crippen LogP contribution < -0.4 is 10.6 Å². The number of nitrogens with one attached hydrogen (secondary N) is 2. The first-order valence-corrected chi connectivity index (χ1v) is 13.9. The van der Waals surface area contributed by atoms with E-state index in [1.165, 1.54) is 16.3 Å². The van der Waals surface area contributed by atoms with E-state index in [1.807, 2.05) is 18.2 Å². The summed E-state index contributed by atoms with van der Waals surface area (Å²) < 4.78 is 0. The highest BCUT2D eigenvalue weighted by atomic mass is 16.2. The number of amides is 2. The number of benzene rings is 6. The molecule has 4 nitrogen and oxygen atoms in total. The molecule has 0 unspecified atom stereocenters. The Morgan fingerprint density at radius 2 is 1.30 bits per heavy atom. The summed E-state index contributed by atoms with van der Waals surface area (Å²) in [6, 6.07) is 27.2. The zero-order valence-electron chi connectivity index (χ0n) is 23.5. The molecule has 0 fully saturated rings. The van der Waals surface area contributed by atoms with Crippen molar-refractivity contribution in [2.45, 2.75) is 46.5 Å². The molecule has 1 aliphatic heterocycles. The number of carbonyl (C=O) groups is 2. The van der Waals surface area contributed by atoms with E-state index in [-0.39, 0.29) is 22.6 Å². The molecule has 1 heterocycles. The fraction of sp³-hybridized carbons (Fsp3) is 0.222. The molecule has 0 aromatic heterocycles. The van der Waals surface area contributed by atoms with Gasteiger partial charge in [0.2, 0.25) is 0 Å². The second-order valence-electron chi connectivity index (χ2n) is 13.1. The van der Waals surface area contributed by atoms with Gasteiger partial charge in [0.15, 0.2) is 0 Å². The molecule has 7 rings (SSSR count). The molecule has 0 bridgehead atoms. The van der Waals surface area contributed by atoms with Crippen LogP contribution >= 0.6 is 0 Å². The standard InChI is InChI=1S/C36H32N2O2/c1-35(2,3)19-36(4,5)21-12-14-22(15-13-21)37-28-18-27-30-26(33(39)38-34(27)40)17-16-24-23-10-6-8-20-9-7-11-25(29(20)23)31(28)32(24)30/h6-18,37H,19H2,1-5H3,(H,38,39,40). The summed E-state index contributed by atoms with van der Waals surface area (Å²) in [5, 5.41) is 14.5. The van der Waals surface area contributed by atoms with E-state index >= 15 is 0 Å². The normalized spacial score (nSPS) is 14.0. The van der Waals surface area contributed by atoms with Gasteiger partial charge < -0.3 is 5.32 Å². The lowest BCUT2D eigenvalue weighted by Crippen LogP contribution is -2.34. The first-order valence-electron chi connectivity index (χ1n) is 13.9. The Morgan fingerprint density at radius 1 is 0.650 bits per heavy atom. The van der Waals surface area contributed by atoms with E-state index in [2.05, 4.69) is 106 Å². The van der Waals surface area contributed by atoms with Crippen molar-refractivity contribution in [2.75, 3.05) is 5.32 Å². The number of imide groups is 1. The maximum absolute atomic E-state index is 13.2. The summed E-state index contributed by atoms with van der Waals surface area (Å²) in [6.45, 7) is 11.4. The van der Waals surface area contributed by atoms with Crippen molar-refractivity contribution in [2.24, 2.45) is 5.41 Å². The van der Waals surface area contributed by atoms with E-state index in [4.69, 9.17) is 0 Å². The average molecular weight is 525 g/mol. The molecule has 2 amide bonds. The fourth-order valence-corrected chi connectivity index (χ4v) is 7.14. The summed E-state index contributed by atoms with van der Waals surface area (Å²) in [5.74, 6) is -0.707. The lowest BCUT2D eigenvalue weighted by molar-refractivity contribution is 0.0845. The van der Waals surface area contributed by atoms with Gasteiger partial charge in [-0.15, -0.1) is 0 Å². The molecule has 0 aliphatic carbocycles. The van der Waals surface area contributed by atoms with Crippen molar-refractivity contribution in [3.63, 3.8) is 0 Å². The number of hydrogen-bond acceptors (Lipinski definition) is 3. The Labute approximate surface area is 233 Å². The van der Waals surface area contributed by atoms with E-state index in [0.717, 1.165) is 50.1 Å². The van der Waals surface area contributed by atoms with Crippen molar-refractivity contribution in [3.05, 3.63) is 95.6 Å². The van der Waals surface area contributed by atoms with Gasteiger partial charge in [0, 0.05) is 33.1 Å². The third kappa shape index (κ3) is 3.66. The molecule has 6 aromatic carbocycles. The van der Waals surface area contributed by atoms with Crippen LogP contribution in [0, 0.1) is 5.41 Å². The third-order valence-electron chi connectivity index (χ3n) is 8.38. The van der Waals surface area contributed by atoms with Gasteiger partial charge in [-0.25, -0.2) is 0 Å². The van der Waals surface area contributed by atoms with Gasteiger partial charge >= 0.3 is 0 Å². The van der Waals surface area contributed by atoms with Gasteiger partial charge in [0.05, 0.1) is 5.56 Å². The second-order valence-corrected chi connectivity index (χ2v) is 13.1. The molecule has 0 saturated heterocycles. The summed E-state index contributed by atoms with van der Waals surface area (Å²) >= 11 is 0. The Hall–Kier alpha value is -4.44. The Balaban J connectivity index is 1.48.